The van der Waals surface area contributed by atoms with Crippen molar-refractivity contribution in [1.82, 2.24) is 14.9 Å². The molecule has 6 heteroatoms. The lowest BCUT2D eigenvalue weighted by Gasteiger charge is -2.31. The van der Waals surface area contributed by atoms with Crippen molar-refractivity contribution in [2.45, 2.75) is 50.5 Å². The summed E-state index contributed by atoms with van der Waals surface area (Å²) in [5.74, 6) is 0.258. The second-order valence-corrected chi connectivity index (χ2v) is 6.76. The van der Waals surface area contributed by atoms with Crippen LogP contribution in [0.2, 0.25) is 0 Å². The number of amides is 1. The summed E-state index contributed by atoms with van der Waals surface area (Å²) in [5.41, 5.74) is 0.259. The Balaban J connectivity index is 1.55. The van der Waals surface area contributed by atoms with Gasteiger partial charge >= 0.3 is 0 Å². The summed E-state index contributed by atoms with van der Waals surface area (Å²) in [4.78, 5) is 16.4. The number of halogens is 1. The third kappa shape index (κ3) is 3.59. The number of aryl methyl sites for hydroxylation is 1. The fourth-order valence-electron chi connectivity index (χ4n) is 3.51. The molecule has 0 bridgehead atoms. The lowest BCUT2D eigenvalue weighted by molar-refractivity contribution is -0.127. The standard InChI is InChI=1S/C18H24FN3O2/c1-22-14-7-5-6-13(19)17(14)21-15(22)8-11-20-16(23)12-18(24)9-3-2-4-10-18/h5-7,24H,2-4,8-12H2,1H3,(H,20,23). The molecule has 1 fully saturated rings. The molecule has 0 radical (unpaired) electrons. The topological polar surface area (TPSA) is 67.2 Å². The van der Waals surface area contributed by atoms with Crippen LogP contribution >= 0.6 is 0 Å². The van der Waals surface area contributed by atoms with Crippen molar-refractivity contribution in [1.29, 1.82) is 0 Å². The minimum atomic E-state index is -0.844. The van der Waals surface area contributed by atoms with Crippen LogP contribution in [0.25, 0.3) is 11.0 Å². The summed E-state index contributed by atoms with van der Waals surface area (Å²) in [7, 11) is 1.84. The third-order valence-corrected chi connectivity index (χ3v) is 4.90. The maximum Gasteiger partial charge on any atom is 0.222 e. The van der Waals surface area contributed by atoms with Crippen molar-refractivity contribution in [2.24, 2.45) is 7.05 Å². The van der Waals surface area contributed by atoms with Crippen LogP contribution in [0.15, 0.2) is 18.2 Å². The fourth-order valence-corrected chi connectivity index (χ4v) is 3.51. The van der Waals surface area contributed by atoms with Crippen molar-refractivity contribution in [3.05, 3.63) is 29.8 Å². The highest BCUT2D eigenvalue weighted by Gasteiger charge is 2.31. The van der Waals surface area contributed by atoms with E-state index in [1.807, 2.05) is 17.7 Å². The Hall–Kier alpha value is -1.95. The molecule has 0 spiro atoms. The van der Waals surface area contributed by atoms with Crippen LogP contribution in [0.5, 0.6) is 0 Å². The van der Waals surface area contributed by atoms with Crippen LogP contribution < -0.4 is 5.32 Å². The predicted molar refractivity (Wildman–Crippen MR) is 90.0 cm³/mol. The summed E-state index contributed by atoms with van der Waals surface area (Å²) < 4.78 is 15.6. The Morgan fingerprint density at radius 1 is 1.38 bits per heavy atom. The summed E-state index contributed by atoms with van der Waals surface area (Å²) in [6.07, 6.45) is 5.17. The van der Waals surface area contributed by atoms with Crippen LogP contribution in [-0.4, -0.2) is 32.7 Å². The van der Waals surface area contributed by atoms with E-state index in [4.69, 9.17) is 0 Å². The van der Waals surface area contributed by atoms with E-state index in [0.29, 0.717) is 31.3 Å². The molecule has 0 saturated heterocycles. The van der Waals surface area contributed by atoms with Gasteiger partial charge in [-0.05, 0) is 25.0 Å². The fraction of sp³-hybridized carbons (Fsp3) is 0.556. The molecule has 1 heterocycles. The highest BCUT2D eigenvalue weighted by atomic mass is 19.1. The molecule has 1 aliphatic rings. The summed E-state index contributed by atoms with van der Waals surface area (Å²) in [6.45, 7) is 0.424. The Morgan fingerprint density at radius 3 is 2.83 bits per heavy atom. The summed E-state index contributed by atoms with van der Waals surface area (Å²) in [6, 6.07) is 4.88. The molecule has 130 valence electrons. The number of benzene rings is 1. The average Bonchev–Trinajstić information content (AvgIpc) is 2.86. The SMILES string of the molecule is Cn1c(CCNC(=O)CC2(O)CCCCC2)nc2c(F)cccc21. The van der Waals surface area contributed by atoms with E-state index in [1.54, 1.807) is 6.07 Å². The highest BCUT2D eigenvalue weighted by molar-refractivity contribution is 5.77. The molecule has 24 heavy (non-hydrogen) atoms. The number of para-hydroxylation sites is 1. The molecule has 0 unspecified atom stereocenters. The number of rotatable bonds is 5. The number of hydrogen-bond donors (Lipinski definition) is 2. The molecule has 1 aliphatic carbocycles. The molecule has 0 atom stereocenters. The van der Waals surface area contributed by atoms with Crippen molar-refractivity contribution < 1.29 is 14.3 Å². The van der Waals surface area contributed by atoms with E-state index in [1.165, 1.54) is 6.07 Å². The number of carbonyl (C=O) groups excluding carboxylic acids is 1. The monoisotopic (exact) mass is 333 g/mol. The third-order valence-electron chi connectivity index (χ3n) is 4.90. The maximum absolute atomic E-state index is 13.8. The summed E-state index contributed by atoms with van der Waals surface area (Å²) in [5, 5.41) is 13.3. The first-order valence-electron chi connectivity index (χ1n) is 8.57. The molecule has 3 rings (SSSR count). The summed E-state index contributed by atoms with van der Waals surface area (Å²) >= 11 is 0. The van der Waals surface area contributed by atoms with Crippen LogP contribution in [0, 0.1) is 5.82 Å². The number of nitrogens with one attached hydrogen (secondary N) is 1. The Morgan fingerprint density at radius 2 is 2.12 bits per heavy atom. The zero-order chi connectivity index (χ0) is 17.2. The molecule has 1 amide bonds. The van der Waals surface area contributed by atoms with E-state index in [9.17, 15) is 14.3 Å². The van der Waals surface area contributed by atoms with Gasteiger partial charge in [0.25, 0.3) is 0 Å². The van der Waals surface area contributed by atoms with Gasteiger partial charge in [-0.3, -0.25) is 4.79 Å². The molecule has 2 N–H and O–H groups in total. The van der Waals surface area contributed by atoms with Gasteiger partial charge < -0.3 is 15.0 Å². The maximum atomic E-state index is 13.8. The first kappa shape index (κ1) is 16.9. The van der Waals surface area contributed by atoms with Crippen LogP contribution in [0.4, 0.5) is 4.39 Å². The molecule has 2 aromatic rings. The van der Waals surface area contributed by atoms with Crippen molar-refractivity contribution >= 4 is 16.9 Å². The minimum absolute atomic E-state index is 0.135. The Labute approximate surface area is 140 Å². The number of carbonyl (C=O) groups is 1. The van der Waals surface area contributed by atoms with Crippen LogP contribution in [-0.2, 0) is 18.3 Å². The minimum Gasteiger partial charge on any atom is -0.389 e. The van der Waals surface area contributed by atoms with Gasteiger partial charge in [-0.1, -0.05) is 25.3 Å². The van der Waals surface area contributed by atoms with Gasteiger partial charge in [-0.25, -0.2) is 9.37 Å². The number of aliphatic hydroxyl groups is 1. The van der Waals surface area contributed by atoms with Gasteiger partial charge in [0.05, 0.1) is 17.5 Å². The molecule has 0 aliphatic heterocycles. The largest absolute Gasteiger partial charge is 0.389 e. The zero-order valence-corrected chi connectivity index (χ0v) is 14.0. The number of aromatic nitrogens is 2. The van der Waals surface area contributed by atoms with Gasteiger partial charge in [0.15, 0.2) is 5.82 Å². The Kier molecular flexibility index (Phi) is 4.85. The lowest BCUT2D eigenvalue weighted by atomic mass is 9.82. The van der Waals surface area contributed by atoms with E-state index in [2.05, 4.69) is 10.3 Å². The van der Waals surface area contributed by atoms with Gasteiger partial charge in [0.1, 0.15) is 11.3 Å². The first-order chi connectivity index (χ1) is 11.5. The van der Waals surface area contributed by atoms with Gasteiger partial charge in [-0.2, -0.15) is 0 Å². The second-order valence-electron chi connectivity index (χ2n) is 6.76. The Bertz CT molecular complexity index is 735. The molecule has 1 aromatic heterocycles. The second kappa shape index (κ2) is 6.89. The van der Waals surface area contributed by atoms with Crippen LogP contribution in [0.3, 0.4) is 0 Å². The van der Waals surface area contributed by atoms with Gasteiger partial charge in [0.2, 0.25) is 5.91 Å². The lowest BCUT2D eigenvalue weighted by Crippen LogP contribution is -2.39. The van der Waals surface area contributed by atoms with Crippen molar-refractivity contribution in [3.8, 4) is 0 Å². The predicted octanol–water partition coefficient (Wildman–Crippen LogP) is 2.46. The van der Waals surface area contributed by atoms with E-state index >= 15 is 0 Å². The zero-order valence-electron chi connectivity index (χ0n) is 14.0. The normalized spacial score (nSPS) is 17.1. The van der Waals surface area contributed by atoms with Gasteiger partial charge in [-0.15, -0.1) is 0 Å². The smallest absolute Gasteiger partial charge is 0.222 e. The van der Waals surface area contributed by atoms with E-state index in [0.717, 1.165) is 30.6 Å². The van der Waals surface area contributed by atoms with E-state index < -0.39 is 5.60 Å². The average molecular weight is 333 g/mol. The quantitative estimate of drug-likeness (QED) is 0.883. The molecule has 1 saturated carbocycles. The number of imidazole rings is 1. The molecular weight excluding hydrogens is 309 g/mol. The van der Waals surface area contributed by atoms with Crippen molar-refractivity contribution in [3.63, 3.8) is 0 Å². The molecule has 1 aromatic carbocycles. The molecule has 5 nitrogen and oxygen atoms in total. The number of hydrogen-bond acceptors (Lipinski definition) is 3. The number of fused-ring (bicyclic) bond motifs is 1. The van der Waals surface area contributed by atoms with Crippen LogP contribution in [0.1, 0.15) is 44.3 Å². The van der Waals surface area contributed by atoms with Crippen molar-refractivity contribution in [2.75, 3.05) is 6.54 Å². The van der Waals surface area contributed by atoms with E-state index in [-0.39, 0.29) is 18.1 Å². The first-order valence-corrected chi connectivity index (χ1v) is 8.57. The van der Waals surface area contributed by atoms with Gasteiger partial charge in [0, 0.05) is 20.0 Å². The number of nitrogens with zero attached hydrogens (tertiary/aromatic N) is 2. The molecular formula is C18H24FN3O2. The highest BCUT2D eigenvalue weighted by Crippen LogP contribution is 2.30.